The van der Waals surface area contributed by atoms with Crippen molar-refractivity contribution < 1.29 is 4.74 Å². The fourth-order valence-corrected chi connectivity index (χ4v) is 2.16. The van der Waals surface area contributed by atoms with Gasteiger partial charge in [-0.3, -0.25) is 0 Å². The number of ether oxygens (including phenoxy) is 1. The zero-order chi connectivity index (χ0) is 12.1. The highest BCUT2D eigenvalue weighted by Crippen LogP contribution is 2.20. The van der Waals surface area contributed by atoms with E-state index in [0.29, 0.717) is 12.1 Å². The molecule has 5 heteroatoms. The Balaban J connectivity index is 1.82. The maximum absolute atomic E-state index is 5.54. The van der Waals surface area contributed by atoms with Gasteiger partial charge >= 0.3 is 0 Å². The molecule has 1 aliphatic rings. The third kappa shape index (κ3) is 3.51. The topological polar surface area (TPSA) is 52.0 Å². The Labute approximate surface area is 103 Å². The minimum atomic E-state index is 0.312. The Morgan fingerprint density at radius 3 is 3.18 bits per heavy atom. The predicted molar refractivity (Wildman–Crippen MR) is 65.7 cm³/mol. The SMILES string of the molecule is CC(C)OCCCn1cnnc1C1CCCN1. The third-order valence-electron chi connectivity index (χ3n) is 3.01. The maximum atomic E-state index is 5.54. The van der Waals surface area contributed by atoms with Crippen LogP contribution in [0.3, 0.4) is 0 Å². The van der Waals surface area contributed by atoms with Crippen molar-refractivity contribution in [1.29, 1.82) is 0 Å². The van der Waals surface area contributed by atoms with Crippen molar-refractivity contribution in [1.82, 2.24) is 20.1 Å². The number of nitrogens with one attached hydrogen (secondary N) is 1. The van der Waals surface area contributed by atoms with Crippen molar-refractivity contribution in [2.45, 2.75) is 51.8 Å². The summed E-state index contributed by atoms with van der Waals surface area (Å²) in [6.45, 7) is 6.95. The summed E-state index contributed by atoms with van der Waals surface area (Å²) < 4.78 is 7.68. The van der Waals surface area contributed by atoms with Crippen LogP contribution in [0.4, 0.5) is 0 Å². The molecule has 1 unspecified atom stereocenters. The van der Waals surface area contributed by atoms with Crippen LogP contribution in [0.15, 0.2) is 6.33 Å². The quantitative estimate of drug-likeness (QED) is 0.763. The lowest BCUT2D eigenvalue weighted by atomic mass is 10.2. The molecule has 0 spiro atoms. The van der Waals surface area contributed by atoms with E-state index >= 15 is 0 Å². The molecular weight excluding hydrogens is 216 g/mol. The van der Waals surface area contributed by atoms with Gasteiger partial charge in [0.2, 0.25) is 0 Å². The van der Waals surface area contributed by atoms with Gasteiger partial charge < -0.3 is 14.6 Å². The van der Waals surface area contributed by atoms with Gasteiger partial charge in [-0.05, 0) is 39.7 Å². The lowest BCUT2D eigenvalue weighted by molar-refractivity contribution is 0.0746. The van der Waals surface area contributed by atoms with E-state index in [1.807, 2.05) is 6.33 Å². The Morgan fingerprint density at radius 2 is 2.47 bits per heavy atom. The van der Waals surface area contributed by atoms with Crippen LogP contribution < -0.4 is 5.32 Å². The summed E-state index contributed by atoms with van der Waals surface area (Å²) in [7, 11) is 0. The van der Waals surface area contributed by atoms with E-state index in [1.54, 1.807) is 0 Å². The molecule has 0 radical (unpaired) electrons. The Bertz CT molecular complexity index is 331. The molecule has 0 aromatic carbocycles. The highest BCUT2D eigenvalue weighted by Gasteiger charge is 2.21. The average molecular weight is 238 g/mol. The van der Waals surface area contributed by atoms with Gasteiger partial charge in [-0.15, -0.1) is 10.2 Å². The molecule has 0 amide bonds. The van der Waals surface area contributed by atoms with Crippen molar-refractivity contribution in [2.24, 2.45) is 0 Å². The molecule has 1 aromatic heterocycles. The minimum Gasteiger partial charge on any atom is -0.379 e. The van der Waals surface area contributed by atoms with E-state index in [9.17, 15) is 0 Å². The first-order chi connectivity index (χ1) is 8.27. The molecule has 2 rings (SSSR count). The largest absolute Gasteiger partial charge is 0.379 e. The van der Waals surface area contributed by atoms with Gasteiger partial charge in [-0.1, -0.05) is 0 Å². The number of hydrogen-bond donors (Lipinski definition) is 1. The first-order valence-corrected chi connectivity index (χ1v) is 6.50. The molecule has 1 fully saturated rings. The first kappa shape index (κ1) is 12.5. The number of nitrogens with zero attached hydrogens (tertiary/aromatic N) is 3. The third-order valence-corrected chi connectivity index (χ3v) is 3.01. The molecular formula is C12H22N4O. The van der Waals surface area contributed by atoms with Crippen LogP contribution in [-0.4, -0.2) is 34.0 Å². The second-order valence-electron chi connectivity index (χ2n) is 4.80. The molecule has 1 saturated heterocycles. The van der Waals surface area contributed by atoms with E-state index in [4.69, 9.17) is 4.74 Å². The van der Waals surface area contributed by atoms with Crippen LogP contribution in [0.25, 0.3) is 0 Å². The zero-order valence-corrected chi connectivity index (χ0v) is 10.7. The zero-order valence-electron chi connectivity index (χ0n) is 10.7. The number of rotatable bonds is 6. The fraction of sp³-hybridized carbons (Fsp3) is 0.833. The van der Waals surface area contributed by atoms with Crippen molar-refractivity contribution >= 4 is 0 Å². The Morgan fingerprint density at radius 1 is 1.59 bits per heavy atom. The summed E-state index contributed by atoms with van der Waals surface area (Å²) in [6, 6.07) is 0.392. The van der Waals surface area contributed by atoms with Gasteiger partial charge in [0.1, 0.15) is 12.2 Å². The second-order valence-corrected chi connectivity index (χ2v) is 4.80. The normalized spacial score (nSPS) is 20.3. The molecule has 0 bridgehead atoms. The summed E-state index contributed by atoms with van der Waals surface area (Å²) >= 11 is 0. The summed E-state index contributed by atoms with van der Waals surface area (Å²) in [4.78, 5) is 0. The smallest absolute Gasteiger partial charge is 0.149 e. The van der Waals surface area contributed by atoms with Crippen molar-refractivity contribution in [3.05, 3.63) is 12.2 Å². The Hall–Kier alpha value is -0.940. The van der Waals surface area contributed by atoms with E-state index in [1.165, 1.54) is 12.8 Å². The lowest BCUT2D eigenvalue weighted by Crippen LogP contribution is -2.18. The molecule has 0 saturated carbocycles. The second kappa shape index (κ2) is 6.12. The molecule has 17 heavy (non-hydrogen) atoms. The number of hydrogen-bond acceptors (Lipinski definition) is 4. The predicted octanol–water partition coefficient (Wildman–Crippen LogP) is 1.52. The molecule has 1 aromatic rings. The first-order valence-electron chi connectivity index (χ1n) is 6.50. The molecule has 1 aliphatic heterocycles. The summed E-state index contributed by atoms with van der Waals surface area (Å²) in [5.41, 5.74) is 0. The number of aryl methyl sites for hydroxylation is 1. The fourth-order valence-electron chi connectivity index (χ4n) is 2.16. The molecule has 1 N–H and O–H groups in total. The van der Waals surface area contributed by atoms with Crippen molar-refractivity contribution in [3.8, 4) is 0 Å². The van der Waals surface area contributed by atoms with Crippen molar-refractivity contribution in [2.75, 3.05) is 13.2 Å². The van der Waals surface area contributed by atoms with Gasteiger partial charge in [0.25, 0.3) is 0 Å². The Kier molecular flexibility index (Phi) is 4.50. The van der Waals surface area contributed by atoms with Crippen LogP contribution in [0.2, 0.25) is 0 Å². The highest BCUT2D eigenvalue weighted by atomic mass is 16.5. The molecule has 2 heterocycles. The van der Waals surface area contributed by atoms with Crippen molar-refractivity contribution in [3.63, 3.8) is 0 Å². The van der Waals surface area contributed by atoms with Crippen LogP contribution >= 0.6 is 0 Å². The maximum Gasteiger partial charge on any atom is 0.149 e. The van der Waals surface area contributed by atoms with Crippen LogP contribution in [0.1, 0.15) is 45.0 Å². The summed E-state index contributed by atoms with van der Waals surface area (Å²) in [5.74, 6) is 1.08. The van der Waals surface area contributed by atoms with E-state index in [0.717, 1.165) is 31.9 Å². The van der Waals surface area contributed by atoms with Gasteiger partial charge in [0, 0.05) is 13.2 Å². The molecule has 96 valence electrons. The van der Waals surface area contributed by atoms with E-state index in [-0.39, 0.29) is 0 Å². The summed E-state index contributed by atoms with van der Waals surface area (Å²) in [5, 5.41) is 11.7. The van der Waals surface area contributed by atoms with E-state index in [2.05, 4.69) is 33.9 Å². The molecule has 5 nitrogen and oxygen atoms in total. The van der Waals surface area contributed by atoms with Gasteiger partial charge in [0.05, 0.1) is 12.1 Å². The van der Waals surface area contributed by atoms with E-state index < -0.39 is 0 Å². The van der Waals surface area contributed by atoms with Crippen LogP contribution in [-0.2, 0) is 11.3 Å². The minimum absolute atomic E-state index is 0.312. The van der Waals surface area contributed by atoms with Gasteiger partial charge in [-0.2, -0.15) is 0 Å². The molecule has 0 aliphatic carbocycles. The van der Waals surface area contributed by atoms with Crippen LogP contribution in [0, 0.1) is 0 Å². The summed E-state index contributed by atoms with van der Waals surface area (Å²) in [6.07, 6.45) is 5.54. The number of aromatic nitrogens is 3. The van der Waals surface area contributed by atoms with Crippen LogP contribution in [0.5, 0.6) is 0 Å². The standard InChI is InChI=1S/C12H22N4O/c1-10(2)17-8-4-7-16-9-14-15-12(16)11-5-3-6-13-11/h9-11,13H,3-8H2,1-2H3. The van der Waals surface area contributed by atoms with Gasteiger partial charge in [0.15, 0.2) is 0 Å². The van der Waals surface area contributed by atoms with Gasteiger partial charge in [-0.25, -0.2) is 0 Å². The molecule has 1 atom stereocenters. The monoisotopic (exact) mass is 238 g/mol. The highest BCUT2D eigenvalue weighted by molar-refractivity contribution is 4.97. The average Bonchev–Trinajstić information content (AvgIpc) is 2.94. The lowest BCUT2D eigenvalue weighted by Gasteiger charge is -2.12.